The molecule has 0 amide bonds. The minimum absolute atomic E-state index is 0.174. The summed E-state index contributed by atoms with van der Waals surface area (Å²) in [5.41, 5.74) is 0. The van der Waals surface area contributed by atoms with Gasteiger partial charge in [0.05, 0.1) is 0 Å². The molecule has 0 aliphatic rings. The summed E-state index contributed by atoms with van der Waals surface area (Å²) >= 11 is 0. The third-order valence-electron chi connectivity index (χ3n) is 1.63. The highest BCUT2D eigenvalue weighted by Gasteiger charge is 2.01. The van der Waals surface area contributed by atoms with E-state index in [-0.39, 0.29) is 6.10 Å². The van der Waals surface area contributed by atoms with E-state index in [1.165, 1.54) is 12.8 Å². The fraction of sp³-hybridized carbons (Fsp3) is 0.889. The molecule has 0 spiro atoms. The molecule has 66 valence electrons. The number of hydrogen-bond acceptors (Lipinski definition) is 2. The van der Waals surface area contributed by atoms with Crippen molar-refractivity contribution in [2.45, 2.75) is 45.6 Å². The molecular weight excluding hydrogens is 140 g/mol. The van der Waals surface area contributed by atoms with Gasteiger partial charge < -0.3 is 9.53 Å². The van der Waals surface area contributed by atoms with E-state index in [0.717, 1.165) is 25.7 Å². The zero-order valence-electron chi connectivity index (χ0n) is 7.51. The Morgan fingerprint density at radius 3 is 2.55 bits per heavy atom. The van der Waals surface area contributed by atoms with E-state index in [2.05, 4.69) is 6.92 Å². The summed E-state index contributed by atoms with van der Waals surface area (Å²) in [6.07, 6.45) is 4.95. The Hall–Kier alpha value is -0.370. The molecule has 0 saturated heterocycles. The lowest BCUT2D eigenvalue weighted by atomic mass is 10.2. The second kappa shape index (κ2) is 7.73. The van der Waals surface area contributed by atoms with Crippen molar-refractivity contribution in [2.24, 2.45) is 0 Å². The number of rotatable bonds is 7. The minimum Gasteiger partial charge on any atom is -0.371 e. The van der Waals surface area contributed by atoms with Gasteiger partial charge in [0.15, 0.2) is 0 Å². The molecule has 0 bridgehead atoms. The Balaban J connectivity index is 3.14. The number of ether oxygens (including phenoxy) is 1. The summed E-state index contributed by atoms with van der Waals surface area (Å²) in [5, 5.41) is 0. The van der Waals surface area contributed by atoms with Crippen molar-refractivity contribution in [3.05, 3.63) is 0 Å². The second-order valence-corrected chi connectivity index (χ2v) is 2.66. The van der Waals surface area contributed by atoms with Crippen molar-refractivity contribution in [1.82, 2.24) is 0 Å². The predicted octanol–water partition coefficient (Wildman–Crippen LogP) is 2.17. The van der Waals surface area contributed by atoms with Crippen molar-refractivity contribution < 1.29 is 9.53 Å². The van der Waals surface area contributed by atoms with E-state index in [0.29, 0.717) is 0 Å². The van der Waals surface area contributed by atoms with Gasteiger partial charge in [-0.3, -0.25) is 0 Å². The zero-order valence-corrected chi connectivity index (χ0v) is 7.51. The van der Waals surface area contributed by atoms with Crippen LogP contribution in [0.1, 0.15) is 39.5 Å². The highest BCUT2D eigenvalue weighted by molar-refractivity contribution is 5.55. The summed E-state index contributed by atoms with van der Waals surface area (Å²) in [6, 6.07) is 0. The summed E-state index contributed by atoms with van der Waals surface area (Å²) in [4.78, 5) is 10.3. The summed E-state index contributed by atoms with van der Waals surface area (Å²) in [6.45, 7) is 4.83. The van der Waals surface area contributed by atoms with E-state index < -0.39 is 0 Å². The molecule has 0 aliphatic heterocycles. The lowest BCUT2D eigenvalue weighted by molar-refractivity contribution is -0.118. The summed E-state index contributed by atoms with van der Waals surface area (Å²) in [7, 11) is 0. The van der Waals surface area contributed by atoms with Crippen LogP contribution in [-0.4, -0.2) is 19.0 Å². The number of unbranched alkanes of at least 4 members (excludes halogenated alkanes) is 2. The normalized spacial score (nSPS) is 12.9. The molecule has 0 aliphatic carbocycles. The smallest absolute Gasteiger partial charge is 0.148 e. The van der Waals surface area contributed by atoms with E-state index in [4.69, 9.17) is 4.74 Å². The van der Waals surface area contributed by atoms with Crippen LogP contribution in [0.2, 0.25) is 0 Å². The molecule has 0 fully saturated rings. The van der Waals surface area contributed by atoms with Crippen LogP contribution < -0.4 is 0 Å². The highest BCUT2D eigenvalue weighted by Crippen LogP contribution is 1.98. The lowest BCUT2D eigenvalue weighted by Gasteiger charge is -2.07. The lowest BCUT2D eigenvalue weighted by Crippen LogP contribution is -2.13. The SMILES string of the molecule is CCCCCOC(C=O)CC. The van der Waals surface area contributed by atoms with Crippen molar-refractivity contribution in [3.8, 4) is 0 Å². The van der Waals surface area contributed by atoms with Gasteiger partial charge in [0, 0.05) is 6.61 Å². The van der Waals surface area contributed by atoms with Crippen LogP contribution in [-0.2, 0) is 9.53 Å². The molecule has 0 aromatic heterocycles. The van der Waals surface area contributed by atoms with Gasteiger partial charge in [0.2, 0.25) is 0 Å². The number of hydrogen-bond donors (Lipinski definition) is 0. The third kappa shape index (κ3) is 6.05. The molecule has 0 rings (SSSR count). The summed E-state index contributed by atoms with van der Waals surface area (Å²) < 4.78 is 5.27. The van der Waals surface area contributed by atoms with Gasteiger partial charge >= 0.3 is 0 Å². The Morgan fingerprint density at radius 2 is 2.09 bits per heavy atom. The van der Waals surface area contributed by atoms with Crippen LogP contribution in [0.5, 0.6) is 0 Å². The Morgan fingerprint density at radius 1 is 1.36 bits per heavy atom. The van der Waals surface area contributed by atoms with Gasteiger partial charge in [-0.25, -0.2) is 0 Å². The quantitative estimate of drug-likeness (QED) is 0.419. The third-order valence-corrected chi connectivity index (χ3v) is 1.63. The first-order valence-corrected chi connectivity index (χ1v) is 4.42. The molecule has 2 heteroatoms. The topological polar surface area (TPSA) is 26.3 Å². The predicted molar refractivity (Wildman–Crippen MR) is 45.6 cm³/mol. The minimum atomic E-state index is -0.174. The standard InChI is InChI=1S/C9H18O2/c1-3-5-6-7-11-9(4-2)8-10/h8-9H,3-7H2,1-2H3. The van der Waals surface area contributed by atoms with Crippen molar-refractivity contribution in [2.75, 3.05) is 6.61 Å². The maximum Gasteiger partial charge on any atom is 0.148 e. The molecule has 0 radical (unpaired) electrons. The monoisotopic (exact) mass is 158 g/mol. The van der Waals surface area contributed by atoms with Gasteiger partial charge in [-0.2, -0.15) is 0 Å². The van der Waals surface area contributed by atoms with Gasteiger partial charge in [0.25, 0.3) is 0 Å². The van der Waals surface area contributed by atoms with Gasteiger partial charge in [-0.05, 0) is 12.8 Å². The fourth-order valence-corrected chi connectivity index (χ4v) is 0.840. The average Bonchev–Trinajstić information content (AvgIpc) is 2.05. The van der Waals surface area contributed by atoms with Crippen LogP contribution in [0.25, 0.3) is 0 Å². The highest BCUT2D eigenvalue weighted by atomic mass is 16.5. The van der Waals surface area contributed by atoms with Crippen LogP contribution >= 0.6 is 0 Å². The van der Waals surface area contributed by atoms with Gasteiger partial charge in [-0.15, -0.1) is 0 Å². The van der Waals surface area contributed by atoms with E-state index in [9.17, 15) is 4.79 Å². The van der Waals surface area contributed by atoms with E-state index in [1.807, 2.05) is 6.92 Å². The van der Waals surface area contributed by atoms with Crippen molar-refractivity contribution in [1.29, 1.82) is 0 Å². The molecule has 1 unspecified atom stereocenters. The van der Waals surface area contributed by atoms with Gasteiger partial charge in [0.1, 0.15) is 12.4 Å². The molecular formula is C9H18O2. The van der Waals surface area contributed by atoms with Crippen LogP contribution in [0.15, 0.2) is 0 Å². The first-order chi connectivity index (χ1) is 5.35. The van der Waals surface area contributed by atoms with Crippen LogP contribution in [0.4, 0.5) is 0 Å². The van der Waals surface area contributed by atoms with Crippen molar-refractivity contribution >= 4 is 6.29 Å². The molecule has 0 aromatic carbocycles. The largest absolute Gasteiger partial charge is 0.371 e. The second-order valence-electron chi connectivity index (χ2n) is 2.66. The maximum atomic E-state index is 10.3. The molecule has 0 heterocycles. The molecule has 0 saturated carbocycles. The Kier molecular flexibility index (Phi) is 7.47. The van der Waals surface area contributed by atoms with Gasteiger partial charge in [-0.1, -0.05) is 26.7 Å². The van der Waals surface area contributed by atoms with Crippen LogP contribution in [0.3, 0.4) is 0 Å². The van der Waals surface area contributed by atoms with E-state index >= 15 is 0 Å². The number of carbonyl (C=O) groups is 1. The molecule has 1 atom stereocenters. The first kappa shape index (κ1) is 10.6. The average molecular weight is 158 g/mol. The van der Waals surface area contributed by atoms with Crippen molar-refractivity contribution in [3.63, 3.8) is 0 Å². The molecule has 0 N–H and O–H groups in total. The molecule has 2 nitrogen and oxygen atoms in total. The molecule has 11 heavy (non-hydrogen) atoms. The first-order valence-electron chi connectivity index (χ1n) is 4.42. The zero-order chi connectivity index (χ0) is 8.53. The maximum absolute atomic E-state index is 10.3. The fourth-order valence-electron chi connectivity index (χ4n) is 0.840. The van der Waals surface area contributed by atoms with E-state index in [1.54, 1.807) is 0 Å². The van der Waals surface area contributed by atoms with Crippen LogP contribution in [0, 0.1) is 0 Å². The summed E-state index contributed by atoms with van der Waals surface area (Å²) in [5.74, 6) is 0. The Labute approximate surface area is 68.9 Å². The Bertz CT molecular complexity index is 91.6. The number of aldehydes is 1. The molecule has 0 aromatic rings. The number of carbonyl (C=O) groups excluding carboxylic acids is 1.